The Hall–Kier alpha value is 0.430. The maximum Gasteiger partial charge on any atom is 0.224 e. The van der Waals surface area contributed by atoms with E-state index in [4.69, 9.17) is 0 Å². The fourth-order valence-electron chi connectivity index (χ4n) is 2.32. The fourth-order valence-corrected chi connectivity index (χ4v) is 3.53. The van der Waals surface area contributed by atoms with Crippen LogP contribution in [0, 0.1) is 16.7 Å². The van der Waals surface area contributed by atoms with Crippen LogP contribution in [0.1, 0.15) is 34.6 Å². The van der Waals surface area contributed by atoms with Crippen LogP contribution in [-0.2, 0) is 4.79 Å². The Morgan fingerprint density at radius 1 is 1.19 bits per heavy atom. The third kappa shape index (κ3) is 2.20. The van der Waals surface area contributed by atoms with E-state index in [2.05, 4.69) is 64.9 Å². The van der Waals surface area contributed by atoms with Crippen molar-refractivity contribution in [3.63, 3.8) is 0 Å². The molecule has 1 amide bonds. The van der Waals surface area contributed by atoms with Crippen molar-refractivity contribution in [1.82, 2.24) is 5.32 Å². The second-order valence-corrected chi connectivity index (χ2v) is 7.32. The van der Waals surface area contributed by atoms with Gasteiger partial charge in [0.2, 0.25) is 5.91 Å². The summed E-state index contributed by atoms with van der Waals surface area (Å²) >= 11 is 6.89. The van der Waals surface area contributed by atoms with Crippen molar-refractivity contribution in [3.05, 3.63) is 0 Å². The predicted molar refractivity (Wildman–Crippen MR) is 75.2 cm³/mol. The molecule has 1 fully saturated rings. The van der Waals surface area contributed by atoms with Gasteiger partial charge in [0.25, 0.3) is 0 Å². The molecule has 1 saturated carbocycles. The number of carbonyl (C=O) groups excluding carboxylic acids is 1. The molecule has 1 aliphatic rings. The molecule has 94 valence electrons. The summed E-state index contributed by atoms with van der Waals surface area (Å²) in [5, 5.41) is 4.64. The van der Waals surface area contributed by atoms with Crippen LogP contribution in [0.4, 0.5) is 0 Å². The maximum absolute atomic E-state index is 12.2. The molecule has 0 aliphatic heterocycles. The van der Waals surface area contributed by atoms with Crippen molar-refractivity contribution < 1.29 is 4.79 Å². The largest absolute Gasteiger partial charge is 0.349 e. The number of halogens is 2. The number of amides is 1. The summed E-state index contributed by atoms with van der Waals surface area (Å²) in [6.07, 6.45) is 0. The number of alkyl halides is 2. The van der Waals surface area contributed by atoms with Gasteiger partial charge in [-0.3, -0.25) is 4.79 Å². The van der Waals surface area contributed by atoms with Crippen molar-refractivity contribution >= 4 is 37.8 Å². The Bertz CT molecular complexity index is 281. The van der Waals surface area contributed by atoms with Crippen LogP contribution >= 0.6 is 31.9 Å². The molecule has 1 N–H and O–H groups in total. The van der Waals surface area contributed by atoms with E-state index in [1.807, 2.05) is 6.92 Å². The lowest BCUT2D eigenvalue weighted by Crippen LogP contribution is -2.50. The molecule has 2 nitrogen and oxygen atoms in total. The molecule has 0 heterocycles. The van der Waals surface area contributed by atoms with Crippen LogP contribution in [0.5, 0.6) is 0 Å². The Labute approximate surface area is 115 Å². The van der Waals surface area contributed by atoms with Crippen molar-refractivity contribution in [2.24, 2.45) is 16.7 Å². The highest BCUT2D eigenvalue weighted by Gasteiger charge is 2.68. The minimum atomic E-state index is -0.203. The highest BCUT2D eigenvalue weighted by atomic mass is 79.9. The van der Waals surface area contributed by atoms with E-state index in [1.54, 1.807) is 0 Å². The summed E-state index contributed by atoms with van der Waals surface area (Å²) in [5.74, 6) is 0.300. The number of rotatable bonds is 4. The first-order valence-electron chi connectivity index (χ1n) is 5.56. The Balaban J connectivity index is 2.70. The van der Waals surface area contributed by atoms with Crippen molar-refractivity contribution in [1.29, 1.82) is 0 Å². The lowest BCUT2D eigenvalue weighted by atomic mass is 10.0. The molecule has 16 heavy (non-hydrogen) atoms. The minimum absolute atomic E-state index is 0.108. The first-order chi connectivity index (χ1) is 7.12. The number of carbonyl (C=O) groups is 1. The molecule has 0 atom stereocenters. The van der Waals surface area contributed by atoms with Crippen molar-refractivity contribution in [2.45, 2.75) is 40.2 Å². The van der Waals surface area contributed by atoms with Gasteiger partial charge < -0.3 is 5.32 Å². The van der Waals surface area contributed by atoms with Crippen LogP contribution in [-0.4, -0.2) is 22.1 Å². The van der Waals surface area contributed by atoms with E-state index in [1.165, 1.54) is 0 Å². The second-order valence-electron chi connectivity index (χ2n) is 6.19. The average Bonchev–Trinajstić information content (AvgIpc) is 2.57. The molecule has 0 bridgehead atoms. The van der Waals surface area contributed by atoms with E-state index in [0.717, 1.165) is 10.7 Å². The molecular formula is C12H21Br2NO. The van der Waals surface area contributed by atoms with E-state index in [9.17, 15) is 4.79 Å². The summed E-state index contributed by atoms with van der Waals surface area (Å²) < 4.78 is 0. The molecule has 0 spiro atoms. The maximum atomic E-state index is 12.2. The number of hydrogen-bond donors (Lipinski definition) is 1. The third-order valence-corrected chi connectivity index (χ3v) is 6.77. The smallest absolute Gasteiger partial charge is 0.224 e. The highest BCUT2D eigenvalue weighted by molar-refractivity contribution is 9.09. The van der Waals surface area contributed by atoms with Crippen LogP contribution in [0.3, 0.4) is 0 Å². The SMILES string of the molecule is CC(CBr)(CBr)NC(=O)C1C(C)(C)C1(C)C. The lowest BCUT2D eigenvalue weighted by molar-refractivity contribution is -0.124. The Kier molecular flexibility index (Phi) is 3.87. The molecule has 1 rings (SSSR count). The first kappa shape index (κ1) is 14.5. The van der Waals surface area contributed by atoms with Crippen LogP contribution in [0.15, 0.2) is 0 Å². The molecule has 1 aliphatic carbocycles. The van der Waals surface area contributed by atoms with E-state index < -0.39 is 0 Å². The lowest BCUT2D eigenvalue weighted by Gasteiger charge is -2.27. The summed E-state index contributed by atoms with van der Waals surface area (Å²) in [5.41, 5.74) is 0.0130. The Morgan fingerprint density at radius 2 is 1.56 bits per heavy atom. The van der Waals surface area contributed by atoms with Crippen LogP contribution in [0.25, 0.3) is 0 Å². The quantitative estimate of drug-likeness (QED) is 0.771. The van der Waals surface area contributed by atoms with Crippen molar-refractivity contribution in [3.8, 4) is 0 Å². The van der Waals surface area contributed by atoms with Gasteiger partial charge in [-0.15, -0.1) is 0 Å². The molecule has 4 heteroatoms. The predicted octanol–water partition coefficient (Wildman–Crippen LogP) is 3.33. The summed E-state index contributed by atoms with van der Waals surface area (Å²) in [4.78, 5) is 12.2. The summed E-state index contributed by atoms with van der Waals surface area (Å²) in [7, 11) is 0. The minimum Gasteiger partial charge on any atom is -0.349 e. The van der Waals surface area contributed by atoms with Gasteiger partial charge in [-0.05, 0) is 17.8 Å². The second kappa shape index (κ2) is 4.27. The fraction of sp³-hybridized carbons (Fsp3) is 0.917. The van der Waals surface area contributed by atoms with Gasteiger partial charge in [0, 0.05) is 16.6 Å². The van der Waals surface area contributed by atoms with Crippen molar-refractivity contribution in [2.75, 3.05) is 10.7 Å². The standard InChI is InChI=1S/C12H21Br2NO/c1-10(2)8(11(10,3)4)9(16)15-12(5,6-13)7-14/h8H,6-7H2,1-5H3,(H,15,16). The molecule has 0 aromatic carbocycles. The van der Waals surface area contributed by atoms with Gasteiger partial charge >= 0.3 is 0 Å². The van der Waals surface area contributed by atoms with Gasteiger partial charge in [0.15, 0.2) is 0 Å². The normalized spacial score (nSPS) is 22.9. The number of nitrogens with one attached hydrogen (secondary N) is 1. The summed E-state index contributed by atoms with van der Waals surface area (Å²) in [6.45, 7) is 10.7. The van der Waals surface area contributed by atoms with Gasteiger partial charge in [-0.2, -0.15) is 0 Å². The van der Waals surface area contributed by atoms with Crippen LogP contribution < -0.4 is 5.32 Å². The molecule has 0 radical (unpaired) electrons. The summed E-state index contributed by atoms with van der Waals surface area (Å²) in [6, 6.07) is 0. The van der Waals surface area contributed by atoms with E-state index in [0.29, 0.717) is 0 Å². The van der Waals surface area contributed by atoms with E-state index >= 15 is 0 Å². The van der Waals surface area contributed by atoms with Gasteiger partial charge in [0.05, 0.1) is 5.54 Å². The van der Waals surface area contributed by atoms with Gasteiger partial charge in [-0.1, -0.05) is 59.6 Å². The van der Waals surface area contributed by atoms with E-state index in [-0.39, 0.29) is 28.2 Å². The van der Waals surface area contributed by atoms with Gasteiger partial charge in [0.1, 0.15) is 0 Å². The molecule has 0 aromatic rings. The number of hydrogen-bond acceptors (Lipinski definition) is 1. The molecular weight excluding hydrogens is 334 g/mol. The van der Waals surface area contributed by atoms with Crippen LogP contribution in [0.2, 0.25) is 0 Å². The zero-order valence-corrected chi connectivity index (χ0v) is 13.8. The average molecular weight is 355 g/mol. The highest BCUT2D eigenvalue weighted by Crippen LogP contribution is 2.68. The monoisotopic (exact) mass is 353 g/mol. The first-order valence-corrected chi connectivity index (χ1v) is 7.80. The molecule has 0 saturated heterocycles. The molecule has 0 aromatic heterocycles. The zero-order chi connectivity index (χ0) is 12.8. The third-order valence-electron chi connectivity index (χ3n) is 4.30. The Morgan fingerprint density at radius 3 is 1.81 bits per heavy atom. The molecule has 0 unspecified atom stereocenters. The van der Waals surface area contributed by atoms with Gasteiger partial charge in [-0.25, -0.2) is 0 Å². The zero-order valence-electron chi connectivity index (χ0n) is 10.7. The topological polar surface area (TPSA) is 29.1 Å².